The van der Waals surface area contributed by atoms with Crippen molar-refractivity contribution in [2.24, 2.45) is 0 Å². The molecule has 122 valence electrons. The number of hydrogen-bond donors (Lipinski definition) is 2. The van der Waals surface area contributed by atoms with E-state index >= 15 is 0 Å². The lowest BCUT2D eigenvalue weighted by Gasteiger charge is -2.21. The molecule has 0 radical (unpaired) electrons. The van der Waals surface area contributed by atoms with Crippen molar-refractivity contribution in [1.82, 2.24) is 14.3 Å². The molecule has 2 N–H and O–H groups in total. The van der Waals surface area contributed by atoms with E-state index in [1.165, 1.54) is 0 Å². The molecule has 1 atom stereocenters. The second kappa shape index (κ2) is 6.37. The molecule has 1 fully saturated rings. The molecule has 7 nitrogen and oxygen atoms in total. The molecule has 0 bridgehead atoms. The molecule has 2 amide bonds. The normalized spacial score (nSPS) is 17.7. The van der Waals surface area contributed by atoms with Gasteiger partial charge < -0.3 is 15.3 Å². The fraction of sp³-hybridized carbons (Fsp3) is 0.438. The van der Waals surface area contributed by atoms with Gasteiger partial charge in [-0.25, -0.2) is 4.98 Å². The van der Waals surface area contributed by atoms with Crippen LogP contribution in [-0.2, 0) is 4.79 Å². The maximum absolute atomic E-state index is 12.6. The number of carbonyl (C=O) groups is 2. The summed E-state index contributed by atoms with van der Waals surface area (Å²) in [5.41, 5.74) is 0.922. The van der Waals surface area contributed by atoms with Crippen molar-refractivity contribution in [3.8, 4) is 0 Å². The van der Waals surface area contributed by atoms with E-state index in [0.29, 0.717) is 30.1 Å². The first-order chi connectivity index (χ1) is 11.1. The number of nitrogens with one attached hydrogen (secondary N) is 1. The molecule has 1 saturated heterocycles. The van der Waals surface area contributed by atoms with Gasteiger partial charge in [0.2, 0.25) is 5.91 Å². The average Bonchev–Trinajstić information content (AvgIpc) is 3.20. The van der Waals surface area contributed by atoms with E-state index < -0.39 is 0 Å². The lowest BCUT2D eigenvalue weighted by molar-refractivity contribution is -0.115. The molecule has 0 aromatic carbocycles. The number of nitrogens with zero attached hydrogens (tertiary/aromatic N) is 3. The van der Waals surface area contributed by atoms with Crippen LogP contribution in [0.5, 0.6) is 0 Å². The Bertz CT molecular complexity index is 740. The minimum atomic E-state index is -0.182. The monoisotopic (exact) mass is 316 g/mol. The molecule has 1 aliphatic rings. The zero-order valence-electron chi connectivity index (χ0n) is 13.0. The topological polar surface area (TPSA) is 86.9 Å². The van der Waals surface area contributed by atoms with Crippen molar-refractivity contribution in [3.63, 3.8) is 0 Å². The summed E-state index contributed by atoms with van der Waals surface area (Å²) in [6.45, 7) is 2.38. The van der Waals surface area contributed by atoms with Gasteiger partial charge in [0, 0.05) is 19.2 Å². The first kappa shape index (κ1) is 15.5. The molecule has 2 aromatic heterocycles. The Labute approximate surface area is 133 Å². The minimum Gasteiger partial charge on any atom is -0.394 e. The third-order valence-corrected chi connectivity index (χ3v) is 4.15. The van der Waals surface area contributed by atoms with E-state index in [1.807, 2.05) is 0 Å². The van der Waals surface area contributed by atoms with Gasteiger partial charge in [-0.3, -0.25) is 14.0 Å². The molecule has 1 aliphatic heterocycles. The van der Waals surface area contributed by atoms with Crippen LogP contribution < -0.4 is 5.32 Å². The van der Waals surface area contributed by atoms with E-state index in [-0.39, 0.29) is 24.5 Å². The van der Waals surface area contributed by atoms with Crippen molar-refractivity contribution in [3.05, 3.63) is 30.1 Å². The fourth-order valence-corrected chi connectivity index (χ4v) is 2.89. The molecule has 3 rings (SSSR count). The van der Waals surface area contributed by atoms with Crippen LogP contribution in [0.3, 0.4) is 0 Å². The van der Waals surface area contributed by atoms with Crippen LogP contribution in [0.2, 0.25) is 0 Å². The molecule has 3 heterocycles. The summed E-state index contributed by atoms with van der Waals surface area (Å²) in [4.78, 5) is 30.3. The predicted molar refractivity (Wildman–Crippen MR) is 85.3 cm³/mol. The summed E-state index contributed by atoms with van der Waals surface area (Å²) in [5.74, 6) is 0.304. The Hall–Kier alpha value is -2.41. The number of rotatable bonds is 4. The quantitative estimate of drug-likeness (QED) is 0.889. The molecule has 0 saturated carbocycles. The molecule has 0 aliphatic carbocycles. The third kappa shape index (κ3) is 2.92. The first-order valence-corrected chi connectivity index (χ1v) is 7.83. The molecule has 0 spiro atoms. The van der Waals surface area contributed by atoms with Crippen LogP contribution >= 0.6 is 0 Å². The van der Waals surface area contributed by atoms with E-state index in [2.05, 4.69) is 10.3 Å². The van der Waals surface area contributed by atoms with Crippen LogP contribution in [0.1, 0.15) is 36.7 Å². The van der Waals surface area contributed by atoms with Gasteiger partial charge in [-0.1, -0.05) is 13.0 Å². The van der Waals surface area contributed by atoms with Gasteiger partial charge in [0.05, 0.1) is 12.6 Å². The van der Waals surface area contributed by atoms with Crippen LogP contribution in [0, 0.1) is 0 Å². The summed E-state index contributed by atoms with van der Waals surface area (Å²) >= 11 is 0. The zero-order chi connectivity index (χ0) is 16.4. The number of likely N-dealkylation sites (tertiary alicyclic amines) is 1. The van der Waals surface area contributed by atoms with Crippen LogP contribution in [0.25, 0.3) is 5.65 Å². The second-order valence-electron chi connectivity index (χ2n) is 5.64. The van der Waals surface area contributed by atoms with Crippen LogP contribution in [0.4, 0.5) is 5.82 Å². The number of anilines is 1. The molecular weight excluding hydrogens is 296 g/mol. The van der Waals surface area contributed by atoms with Gasteiger partial charge >= 0.3 is 0 Å². The Kier molecular flexibility index (Phi) is 4.29. The molecule has 7 heteroatoms. The highest BCUT2D eigenvalue weighted by Crippen LogP contribution is 2.21. The summed E-state index contributed by atoms with van der Waals surface area (Å²) in [6.07, 6.45) is 3.72. The van der Waals surface area contributed by atoms with Gasteiger partial charge in [0.1, 0.15) is 17.2 Å². The highest BCUT2D eigenvalue weighted by atomic mass is 16.3. The number of aromatic nitrogens is 2. The second-order valence-corrected chi connectivity index (χ2v) is 5.64. The number of pyridine rings is 1. The number of imidazole rings is 1. The average molecular weight is 316 g/mol. The number of amides is 2. The highest BCUT2D eigenvalue weighted by Gasteiger charge is 2.30. The van der Waals surface area contributed by atoms with Gasteiger partial charge in [-0.2, -0.15) is 0 Å². The number of fused-ring (bicyclic) bond motifs is 1. The standard InChI is InChI=1S/C16H20N4O3/c1-2-15(22)18-14-7-3-6-13-17-12(9-20(13)14)16(23)19-8-4-5-11(19)10-21/h3,6-7,9,11,21H,2,4-5,8,10H2,1H3,(H,18,22). The Morgan fingerprint density at radius 3 is 3.00 bits per heavy atom. The predicted octanol–water partition coefficient (Wildman–Crippen LogP) is 1.28. The number of aliphatic hydroxyl groups is 1. The highest BCUT2D eigenvalue weighted by molar-refractivity contribution is 5.94. The van der Waals surface area contributed by atoms with Crippen molar-refractivity contribution in [1.29, 1.82) is 0 Å². The number of hydrogen-bond acceptors (Lipinski definition) is 4. The molecule has 23 heavy (non-hydrogen) atoms. The third-order valence-electron chi connectivity index (χ3n) is 4.15. The van der Waals surface area contributed by atoms with Gasteiger partial charge in [0.15, 0.2) is 0 Å². The largest absolute Gasteiger partial charge is 0.394 e. The summed E-state index contributed by atoms with van der Waals surface area (Å²) in [7, 11) is 0. The Morgan fingerprint density at radius 2 is 2.26 bits per heavy atom. The maximum Gasteiger partial charge on any atom is 0.274 e. The maximum atomic E-state index is 12.6. The summed E-state index contributed by atoms with van der Waals surface area (Å²) in [5, 5.41) is 12.2. The number of carbonyl (C=O) groups excluding carboxylic acids is 2. The molecule has 1 unspecified atom stereocenters. The fourth-order valence-electron chi connectivity index (χ4n) is 2.89. The van der Waals surface area contributed by atoms with Crippen LogP contribution in [0.15, 0.2) is 24.4 Å². The van der Waals surface area contributed by atoms with Gasteiger partial charge in [-0.05, 0) is 25.0 Å². The molecule has 2 aromatic rings. The summed E-state index contributed by atoms with van der Waals surface area (Å²) < 4.78 is 1.70. The lowest BCUT2D eigenvalue weighted by atomic mass is 10.2. The van der Waals surface area contributed by atoms with Gasteiger partial charge in [-0.15, -0.1) is 0 Å². The minimum absolute atomic E-state index is 0.0308. The SMILES string of the molecule is CCC(=O)Nc1cccc2nc(C(=O)N3CCCC3CO)cn12. The van der Waals surface area contributed by atoms with Gasteiger partial charge in [0.25, 0.3) is 5.91 Å². The molecular formula is C16H20N4O3. The van der Waals surface area contributed by atoms with Crippen molar-refractivity contribution in [2.75, 3.05) is 18.5 Å². The Balaban J connectivity index is 1.92. The van der Waals surface area contributed by atoms with E-state index in [1.54, 1.807) is 40.6 Å². The summed E-state index contributed by atoms with van der Waals surface area (Å²) in [6, 6.07) is 5.20. The first-order valence-electron chi connectivity index (χ1n) is 7.83. The lowest BCUT2D eigenvalue weighted by Crippen LogP contribution is -2.37. The number of aliphatic hydroxyl groups excluding tert-OH is 1. The van der Waals surface area contributed by atoms with Crippen molar-refractivity contribution in [2.45, 2.75) is 32.2 Å². The van der Waals surface area contributed by atoms with Crippen molar-refractivity contribution < 1.29 is 14.7 Å². The Morgan fingerprint density at radius 1 is 1.43 bits per heavy atom. The van der Waals surface area contributed by atoms with E-state index in [0.717, 1.165) is 12.8 Å². The van der Waals surface area contributed by atoms with E-state index in [4.69, 9.17) is 0 Å². The smallest absolute Gasteiger partial charge is 0.274 e. The van der Waals surface area contributed by atoms with Crippen LogP contribution in [-0.4, -0.2) is 50.4 Å². The van der Waals surface area contributed by atoms with Crippen molar-refractivity contribution >= 4 is 23.3 Å². The zero-order valence-corrected chi connectivity index (χ0v) is 13.0. The van der Waals surface area contributed by atoms with E-state index in [9.17, 15) is 14.7 Å².